The van der Waals surface area contributed by atoms with Crippen molar-refractivity contribution in [2.45, 2.75) is 19.3 Å². The summed E-state index contributed by atoms with van der Waals surface area (Å²) in [4.78, 5) is 12.0. The van der Waals surface area contributed by atoms with Gasteiger partial charge in [-0.3, -0.25) is 4.79 Å². The lowest BCUT2D eigenvalue weighted by Crippen LogP contribution is -2.36. The van der Waals surface area contributed by atoms with E-state index in [1.165, 1.54) is 4.90 Å². The van der Waals surface area contributed by atoms with Gasteiger partial charge in [0.1, 0.15) is 0 Å². The summed E-state index contributed by atoms with van der Waals surface area (Å²) in [6.45, 7) is 0.0670. The summed E-state index contributed by atoms with van der Waals surface area (Å²) < 4.78 is 38.3. The van der Waals surface area contributed by atoms with Crippen LogP contribution in [-0.2, 0) is 19.3 Å². The molecule has 0 bridgehead atoms. The summed E-state index contributed by atoms with van der Waals surface area (Å²) in [5, 5.41) is 5.76. The van der Waals surface area contributed by atoms with Gasteiger partial charge in [0.25, 0.3) is 0 Å². The van der Waals surface area contributed by atoms with Gasteiger partial charge >= 0.3 is 11.5 Å². The normalized spacial score (nSPS) is 16.1. The maximum atomic E-state index is 12.4. The molecule has 0 fully saturated rings. The molecule has 0 spiro atoms. The first-order valence-electron chi connectivity index (χ1n) is 4.33. The third-order valence-electron chi connectivity index (χ3n) is 2.26. The molecular weight excluding hydrogens is 249 g/mol. The number of hydrogen-bond acceptors (Lipinski definition) is 3. The van der Waals surface area contributed by atoms with Crippen LogP contribution in [0.15, 0.2) is 0 Å². The van der Waals surface area contributed by atoms with Crippen LogP contribution < -0.4 is 0 Å². The van der Waals surface area contributed by atoms with Crippen LogP contribution in [0.5, 0.6) is 0 Å². The number of amides is 1. The van der Waals surface area contributed by atoms with E-state index in [1.807, 2.05) is 0 Å². The van der Waals surface area contributed by atoms with Crippen molar-refractivity contribution in [3.05, 3.63) is 11.6 Å². The average Bonchev–Trinajstić information content (AvgIpc) is 2.58. The Morgan fingerprint density at radius 2 is 2.00 bits per heavy atom. The lowest BCUT2D eigenvalue weighted by atomic mass is 10.3. The smallest absolute Gasteiger partial charge is 0.320 e. The molecule has 16 heavy (non-hydrogen) atoms. The molecule has 5 nitrogen and oxygen atoms in total. The van der Waals surface area contributed by atoms with Crippen LogP contribution in [0.1, 0.15) is 11.6 Å². The first-order chi connectivity index (χ1) is 7.39. The lowest BCUT2D eigenvalue weighted by Gasteiger charge is -2.25. The Balaban J connectivity index is 2.31. The van der Waals surface area contributed by atoms with E-state index >= 15 is 0 Å². The standard InChI is InChI=1S/C7H6ClF3N4O/c8-6(16)14-1-2-15-4(3-14)12-13-5(15)7(9,10)11/h1-3H2. The van der Waals surface area contributed by atoms with Gasteiger partial charge in [0.15, 0.2) is 5.82 Å². The number of aromatic nitrogens is 3. The molecule has 88 valence electrons. The highest BCUT2D eigenvalue weighted by Crippen LogP contribution is 2.29. The molecule has 0 saturated carbocycles. The average molecular weight is 255 g/mol. The molecule has 0 unspecified atom stereocenters. The lowest BCUT2D eigenvalue weighted by molar-refractivity contribution is -0.147. The van der Waals surface area contributed by atoms with Crippen LogP contribution in [0.3, 0.4) is 0 Å². The van der Waals surface area contributed by atoms with Gasteiger partial charge < -0.3 is 9.47 Å². The molecule has 1 amide bonds. The van der Waals surface area contributed by atoms with Crippen LogP contribution in [0.2, 0.25) is 0 Å². The van der Waals surface area contributed by atoms with E-state index in [0.717, 1.165) is 4.57 Å². The second kappa shape index (κ2) is 3.62. The maximum absolute atomic E-state index is 12.4. The van der Waals surface area contributed by atoms with Crippen molar-refractivity contribution in [3.63, 3.8) is 0 Å². The quantitative estimate of drug-likeness (QED) is 0.520. The Hall–Kier alpha value is -1.31. The van der Waals surface area contributed by atoms with E-state index in [4.69, 9.17) is 11.6 Å². The second-order valence-electron chi connectivity index (χ2n) is 3.26. The second-order valence-corrected chi connectivity index (χ2v) is 3.59. The molecule has 2 heterocycles. The summed E-state index contributed by atoms with van der Waals surface area (Å²) in [6, 6.07) is 0. The highest BCUT2D eigenvalue weighted by Gasteiger charge is 2.39. The van der Waals surface area contributed by atoms with Gasteiger partial charge in [-0.1, -0.05) is 0 Å². The van der Waals surface area contributed by atoms with Crippen LogP contribution in [-0.4, -0.2) is 31.6 Å². The molecule has 2 rings (SSSR count). The third-order valence-corrected chi connectivity index (χ3v) is 2.49. The first kappa shape index (κ1) is 11.2. The van der Waals surface area contributed by atoms with Gasteiger partial charge in [-0.2, -0.15) is 13.2 Å². The Morgan fingerprint density at radius 3 is 2.56 bits per heavy atom. The van der Waals surface area contributed by atoms with Crippen LogP contribution in [0, 0.1) is 0 Å². The third kappa shape index (κ3) is 1.84. The summed E-state index contributed by atoms with van der Waals surface area (Å²) in [6.07, 6.45) is -4.53. The fraction of sp³-hybridized carbons (Fsp3) is 0.571. The molecule has 1 aromatic heterocycles. The van der Waals surface area contributed by atoms with E-state index in [0.29, 0.717) is 0 Å². The number of fused-ring (bicyclic) bond motifs is 1. The molecule has 1 aromatic rings. The molecule has 9 heteroatoms. The zero-order chi connectivity index (χ0) is 11.9. The monoisotopic (exact) mass is 254 g/mol. The Morgan fingerprint density at radius 1 is 1.31 bits per heavy atom. The predicted octanol–water partition coefficient (Wildman–Crippen LogP) is 1.47. The van der Waals surface area contributed by atoms with Gasteiger partial charge in [-0.05, 0) is 11.6 Å². The fourth-order valence-corrected chi connectivity index (χ4v) is 1.66. The molecule has 0 atom stereocenters. The van der Waals surface area contributed by atoms with Crippen LogP contribution in [0.4, 0.5) is 18.0 Å². The van der Waals surface area contributed by atoms with Crippen molar-refractivity contribution in [2.75, 3.05) is 6.54 Å². The van der Waals surface area contributed by atoms with Crippen molar-refractivity contribution in [3.8, 4) is 0 Å². The highest BCUT2D eigenvalue weighted by atomic mass is 35.5. The van der Waals surface area contributed by atoms with Crippen molar-refractivity contribution in [1.29, 1.82) is 0 Å². The number of carbonyl (C=O) groups is 1. The number of nitrogens with zero attached hydrogens (tertiary/aromatic N) is 4. The molecule has 0 aromatic carbocycles. The molecule has 0 saturated heterocycles. The Bertz CT molecular complexity index is 430. The predicted molar refractivity (Wildman–Crippen MR) is 46.7 cm³/mol. The number of halogens is 4. The number of carbonyl (C=O) groups excluding carboxylic acids is 1. The summed E-state index contributed by atoms with van der Waals surface area (Å²) in [7, 11) is 0. The van der Waals surface area contributed by atoms with E-state index < -0.39 is 17.4 Å². The molecule has 0 radical (unpaired) electrons. The van der Waals surface area contributed by atoms with Crippen molar-refractivity contribution in [1.82, 2.24) is 19.7 Å². The SMILES string of the molecule is O=C(Cl)N1CCn2c(nnc2C(F)(F)F)C1. The maximum Gasteiger partial charge on any atom is 0.451 e. The van der Waals surface area contributed by atoms with Gasteiger partial charge in [0, 0.05) is 13.1 Å². The largest absolute Gasteiger partial charge is 0.451 e. The molecular formula is C7H6ClF3N4O. The summed E-state index contributed by atoms with van der Waals surface area (Å²) in [5.74, 6) is -0.947. The molecule has 0 aliphatic carbocycles. The molecule has 0 N–H and O–H groups in total. The minimum atomic E-state index is -4.53. The van der Waals surface area contributed by atoms with Crippen molar-refractivity contribution in [2.24, 2.45) is 0 Å². The van der Waals surface area contributed by atoms with Gasteiger partial charge in [0.2, 0.25) is 5.82 Å². The number of rotatable bonds is 0. The first-order valence-corrected chi connectivity index (χ1v) is 4.71. The van der Waals surface area contributed by atoms with Gasteiger partial charge in [-0.25, -0.2) is 0 Å². The Kier molecular flexibility index (Phi) is 2.53. The van der Waals surface area contributed by atoms with Gasteiger partial charge in [-0.15, -0.1) is 10.2 Å². The highest BCUT2D eigenvalue weighted by molar-refractivity contribution is 6.62. The number of alkyl halides is 3. The molecule has 1 aliphatic rings. The van der Waals surface area contributed by atoms with Crippen LogP contribution in [0.25, 0.3) is 0 Å². The minimum Gasteiger partial charge on any atom is -0.320 e. The zero-order valence-electron chi connectivity index (χ0n) is 7.83. The zero-order valence-corrected chi connectivity index (χ0v) is 8.59. The van der Waals surface area contributed by atoms with E-state index in [2.05, 4.69) is 10.2 Å². The topological polar surface area (TPSA) is 51.0 Å². The Labute approximate surface area is 92.8 Å². The van der Waals surface area contributed by atoms with E-state index in [1.54, 1.807) is 0 Å². The van der Waals surface area contributed by atoms with Gasteiger partial charge in [0.05, 0.1) is 6.54 Å². The van der Waals surface area contributed by atoms with Crippen LogP contribution >= 0.6 is 11.6 Å². The summed E-state index contributed by atoms with van der Waals surface area (Å²) >= 11 is 5.23. The number of hydrogen-bond donors (Lipinski definition) is 0. The van der Waals surface area contributed by atoms with E-state index in [-0.39, 0.29) is 25.5 Å². The fourth-order valence-electron chi connectivity index (χ4n) is 1.52. The minimum absolute atomic E-state index is 0.00433. The van der Waals surface area contributed by atoms with Crippen molar-refractivity contribution < 1.29 is 18.0 Å². The summed E-state index contributed by atoms with van der Waals surface area (Å²) in [5.41, 5.74) is 0. The molecule has 1 aliphatic heterocycles. The van der Waals surface area contributed by atoms with Crippen molar-refractivity contribution >= 4 is 17.0 Å². The van der Waals surface area contributed by atoms with E-state index in [9.17, 15) is 18.0 Å².